The van der Waals surface area contributed by atoms with Crippen molar-refractivity contribution in [3.8, 4) is 11.5 Å². The zero-order valence-electron chi connectivity index (χ0n) is 16.2. The van der Waals surface area contributed by atoms with Gasteiger partial charge in [0.05, 0.1) is 33.6 Å². The Morgan fingerprint density at radius 2 is 1.89 bits per heavy atom. The molecule has 0 spiro atoms. The van der Waals surface area contributed by atoms with Crippen LogP contribution in [0.4, 0.5) is 0 Å². The topological polar surface area (TPSA) is 72.4 Å². The largest absolute Gasteiger partial charge is 0.497 e. The fourth-order valence-electron chi connectivity index (χ4n) is 2.93. The van der Waals surface area contributed by atoms with Gasteiger partial charge >= 0.3 is 0 Å². The average Bonchev–Trinajstić information content (AvgIpc) is 2.75. The molecule has 1 amide bonds. The summed E-state index contributed by atoms with van der Waals surface area (Å²) in [5.41, 5.74) is 5.02. The van der Waals surface area contributed by atoms with Gasteiger partial charge in [-0.1, -0.05) is 12.1 Å². The van der Waals surface area contributed by atoms with Crippen molar-refractivity contribution in [2.75, 3.05) is 40.5 Å². The number of hydrogen-bond donors (Lipinski definition) is 1. The van der Waals surface area contributed by atoms with Gasteiger partial charge in [-0.2, -0.15) is 5.10 Å². The molecule has 2 aromatic carbocycles. The first-order valence-electron chi connectivity index (χ1n) is 9.14. The summed E-state index contributed by atoms with van der Waals surface area (Å²) < 4.78 is 15.8. The number of methoxy groups -OCH3 is 2. The number of carbonyl (C=O) groups excluding carboxylic acids is 1. The van der Waals surface area contributed by atoms with E-state index in [4.69, 9.17) is 14.2 Å². The summed E-state index contributed by atoms with van der Waals surface area (Å²) in [4.78, 5) is 14.6. The summed E-state index contributed by atoms with van der Waals surface area (Å²) in [5, 5.41) is 4.03. The fourth-order valence-corrected chi connectivity index (χ4v) is 2.93. The van der Waals surface area contributed by atoms with Crippen LogP contribution in [-0.4, -0.2) is 57.5 Å². The first-order chi connectivity index (χ1) is 13.7. The van der Waals surface area contributed by atoms with Gasteiger partial charge < -0.3 is 14.2 Å². The molecular weight excluding hydrogens is 358 g/mol. The molecule has 28 heavy (non-hydrogen) atoms. The van der Waals surface area contributed by atoms with Gasteiger partial charge in [0.1, 0.15) is 11.5 Å². The zero-order chi connectivity index (χ0) is 19.8. The number of benzene rings is 2. The Kier molecular flexibility index (Phi) is 7.00. The molecule has 7 nitrogen and oxygen atoms in total. The first-order valence-corrected chi connectivity index (χ1v) is 9.14. The highest BCUT2D eigenvalue weighted by Crippen LogP contribution is 2.23. The van der Waals surface area contributed by atoms with E-state index in [1.165, 1.54) is 5.56 Å². The van der Waals surface area contributed by atoms with Crippen molar-refractivity contribution in [3.05, 3.63) is 59.2 Å². The number of carbonyl (C=O) groups is 1. The van der Waals surface area contributed by atoms with Crippen LogP contribution in [0.25, 0.3) is 0 Å². The van der Waals surface area contributed by atoms with Crippen LogP contribution in [0.5, 0.6) is 11.5 Å². The van der Waals surface area contributed by atoms with Crippen LogP contribution >= 0.6 is 0 Å². The van der Waals surface area contributed by atoms with Crippen molar-refractivity contribution in [2.24, 2.45) is 5.10 Å². The van der Waals surface area contributed by atoms with Crippen LogP contribution in [0.15, 0.2) is 47.6 Å². The number of hydrogen-bond acceptors (Lipinski definition) is 6. The zero-order valence-corrected chi connectivity index (χ0v) is 16.2. The van der Waals surface area contributed by atoms with Gasteiger partial charge in [-0.25, -0.2) is 5.43 Å². The van der Waals surface area contributed by atoms with Gasteiger partial charge in [-0.15, -0.1) is 0 Å². The minimum Gasteiger partial charge on any atom is -0.497 e. The lowest BCUT2D eigenvalue weighted by molar-refractivity contribution is 0.0342. The summed E-state index contributed by atoms with van der Waals surface area (Å²) in [6.45, 7) is 4.28. The Bertz CT molecular complexity index is 815. The van der Waals surface area contributed by atoms with Crippen molar-refractivity contribution < 1.29 is 19.0 Å². The fraction of sp³-hybridized carbons (Fsp3) is 0.333. The standard InChI is InChI=1S/C21H25N3O4/c1-26-19-8-7-18(20(13-19)27-2)14-22-23-21(25)17-5-3-16(4-6-17)15-24-9-11-28-12-10-24/h3-8,13-14H,9-12,15H2,1-2H3,(H,23,25)/b22-14+. The van der Waals surface area contributed by atoms with Crippen molar-refractivity contribution in [1.29, 1.82) is 0 Å². The highest BCUT2D eigenvalue weighted by molar-refractivity contribution is 5.95. The minimum atomic E-state index is -0.262. The Balaban J connectivity index is 1.56. The molecule has 148 valence electrons. The highest BCUT2D eigenvalue weighted by atomic mass is 16.5. The second kappa shape index (κ2) is 9.87. The number of hydrazone groups is 1. The summed E-state index contributed by atoms with van der Waals surface area (Å²) in [6, 6.07) is 13.0. The number of nitrogens with one attached hydrogen (secondary N) is 1. The van der Waals surface area contributed by atoms with Crippen LogP contribution in [-0.2, 0) is 11.3 Å². The maximum Gasteiger partial charge on any atom is 0.271 e. The molecule has 2 aromatic rings. The van der Waals surface area contributed by atoms with Crippen LogP contribution in [0, 0.1) is 0 Å². The van der Waals surface area contributed by atoms with E-state index in [0.717, 1.165) is 38.4 Å². The Hall–Kier alpha value is -2.90. The van der Waals surface area contributed by atoms with E-state index in [1.807, 2.05) is 30.3 Å². The Morgan fingerprint density at radius 3 is 2.57 bits per heavy atom. The molecule has 1 N–H and O–H groups in total. The molecule has 0 aliphatic carbocycles. The maximum absolute atomic E-state index is 12.3. The lowest BCUT2D eigenvalue weighted by atomic mass is 10.1. The van der Waals surface area contributed by atoms with Crippen LogP contribution in [0.3, 0.4) is 0 Å². The molecule has 3 rings (SSSR count). The van der Waals surface area contributed by atoms with E-state index in [9.17, 15) is 4.79 Å². The third-order valence-corrected chi connectivity index (χ3v) is 4.54. The molecule has 0 radical (unpaired) electrons. The molecule has 1 fully saturated rings. The van der Waals surface area contributed by atoms with Crippen LogP contribution in [0.2, 0.25) is 0 Å². The normalized spacial score (nSPS) is 14.8. The van der Waals surface area contributed by atoms with Crippen LogP contribution in [0.1, 0.15) is 21.5 Å². The van der Waals surface area contributed by atoms with Gasteiger partial charge in [-0.05, 0) is 29.8 Å². The third kappa shape index (κ3) is 5.31. The third-order valence-electron chi connectivity index (χ3n) is 4.54. The predicted molar refractivity (Wildman–Crippen MR) is 107 cm³/mol. The second-order valence-corrected chi connectivity index (χ2v) is 6.39. The SMILES string of the molecule is COc1ccc(/C=N/NC(=O)c2ccc(CN3CCOCC3)cc2)c(OC)c1. The van der Waals surface area contributed by atoms with Crippen molar-refractivity contribution in [2.45, 2.75) is 6.54 Å². The molecule has 7 heteroatoms. The molecule has 0 bridgehead atoms. The average molecular weight is 383 g/mol. The lowest BCUT2D eigenvalue weighted by Gasteiger charge is -2.26. The van der Waals surface area contributed by atoms with E-state index in [0.29, 0.717) is 17.1 Å². The Morgan fingerprint density at radius 1 is 1.14 bits per heavy atom. The number of rotatable bonds is 7. The lowest BCUT2D eigenvalue weighted by Crippen LogP contribution is -2.35. The minimum absolute atomic E-state index is 0.262. The molecule has 1 saturated heterocycles. The number of nitrogens with zero attached hydrogens (tertiary/aromatic N) is 2. The molecule has 0 unspecified atom stereocenters. The van der Waals surface area contributed by atoms with Gasteiger partial charge in [0.25, 0.3) is 5.91 Å². The number of morpholine rings is 1. The van der Waals surface area contributed by atoms with Gasteiger partial charge in [-0.3, -0.25) is 9.69 Å². The molecule has 1 aliphatic heterocycles. The second-order valence-electron chi connectivity index (χ2n) is 6.39. The molecule has 0 aromatic heterocycles. The highest BCUT2D eigenvalue weighted by Gasteiger charge is 2.11. The van der Waals surface area contributed by atoms with Crippen molar-refractivity contribution in [3.63, 3.8) is 0 Å². The quantitative estimate of drug-likeness (QED) is 0.587. The van der Waals surface area contributed by atoms with Gasteiger partial charge in [0.2, 0.25) is 0 Å². The monoisotopic (exact) mass is 383 g/mol. The van der Waals surface area contributed by atoms with E-state index in [1.54, 1.807) is 32.6 Å². The van der Waals surface area contributed by atoms with E-state index >= 15 is 0 Å². The van der Waals surface area contributed by atoms with Gasteiger partial charge in [0, 0.05) is 36.8 Å². The molecule has 1 heterocycles. The van der Waals surface area contributed by atoms with Crippen molar-refractivity contribution in [1.82, 2.24) is 10.3 Å². The Labute approximate surface area is 164 Å². The summed E-state index contributed by atoms with van der Waals surface area (Å²) >= 11 is 0. The van der Waals surface area contributed by atoms with Gasteiger partial charge in [0.15, 0.2) is 0 Å². The smallest absolute Gasteiger partial charge is 0.271 e. The van der Waals surface area contributed by atoms with E-state index < -0.39 is 0 Å². The van der Waals surface area contributed by atoms with E-state index in [2.05, 4.69) is 15.4 Å². The maximum atomic E-state index is 12.3. The van der Waals surface area contributed by atoms with Crippen molar-refractivity contribution >= 4 is 12.1 Å². The molecule has 0 atom stereocenters. The van der Waals surface area contributed by atoms with Crippen LogP contribution < -0.4 is 14.9 Å². The predicted octanol–water partition coefficient (Wildman–Crippen LogP) is 2.30. The van der Waals surface area contributed by atoms with E-state index in [-0.39, 0.29) is 5.91 Å². The summed E-state index contributed by atoms with van der Waals surface area (Å²) in [7, 11) is 3.16. The number of amides is 1. The molecule has 0 saturated carbocycles. The summed E-state index contributed by atoms with van der Waals surface area (Å²) in [5.74, 6) is 1.04. The summed E-state index contributed by atoms with van der Waals surface area (Å²) in [6.07, 6.45) is 1.54. The molecular formula is C21H25N3O4. The molecule has 1 aliphatic rings. The number of ether oxygens (including phenoxy) is 3. The first kappa shape index (κ1) is 19.9.